The van der Waals surface area contributed by atoms with Crippen molar-refractivity contribution >= 4 is 22.0 Å². The summed E-state index contributed by atoms with van der Waals surface area (Å²) >= 11 is 3.45. The highest BCUT2D eigenvalue weighted by molar-refractivity contribution is 9.10. The predicted octanol–water partition coefficient (Wildman–Crippen LogP) is 2.20. The molecule has 72 valence electrons. The van der Waals surface area contributed by atoms with Crippen molar-refractivity contribution in [2.45, 2.75) is 5.60 Å². The third-order valence-corrected chi connectivity index (χ3v) is 3.19. The molecule has 1 N–H and O–H groups in total. The van der Waals surface area contributed by atoms with Gasteiger partial charge in [-0.25, -0.2) is 0 Å². The molecule has 0 atom stereocenters. The quantitative estimate of drug-likeness (QED) is 0.764. The summed E-state index contributed by atoms with van der Waals surface area (Å²) in [5.74, 6) is 0.984. The molecule has 0 bridgehead atoms. The van der Waals surface area contributed by atoms with Crippen LogP contribution in [0.15, 0.2) is 28.7 Å². The molecule has 1 saturated heterocycles. The molecule has 1 aromatic carbocycles. The van der Waals surface area contributed by atoms with Gasteiger partial charge in [-0.1, -0.05) is 22.0 Å². The number of rotatable bonds is 0. The van der Waals surface area contributed by atoms with Crippen molar-refractivity contribution in [1.82, 2.24) is 5.32 Å². The lowest BCUT2D eigenvalue weighted by Crippen LogP contribution is -2.62. The van der Waals surface area contributed by atoms with Gasteiger partial charge in [-0.2, -0.15) is 0 Å². The van der Waals surface area contributed by atoms with Gasteiger partial charge in [0.05, 0.1) is 0 Å². The van der Waals surface area contributed by atoms with E-state index in [1.165, 1.54) is 0 Å². The maximum absolute atomic E-state index is 5.94. The minimum absolute atomic E-state index is 0.0686. The van der Waals surface area contributed by atoms with Crippen molar-refractivity contribution in [1.29, 1.82) is 0 Å². The predicted molar refractivity (Wildman–Crippen MR) is 59.4 cm³/mol. The fourth-order valence-electron chi connectivity index (χ4n) is 1.80. The van der Waals surface area contributed by atoms with Crippen LogP contribution in [0.3, 0.4) is 0 Å². The molecular formula is C11H10BrNO. The lowest BCUT2D eigenvalue weighted by molar-refractivity contribution is 0.0615. The minimum Gasteiger partial charge on any atom is -0.480 e. The topological polar surface area (TPSA) is 21.3 Å². The van der Waals surface area contributed by atoms with E-state index in [-0.39, 0.29) is 5.60 Å². The second-order valence-electron chi connectivity index (χ2n) is 3.79. The van der Waals surface area contributed by atoms with E-state index < -0.39 is 0 Å². The number of nitrogens with one attached hydrogen (secondary N) is 1. The molecular weight excluding hydrogens is 242 g/mol. The van der Waals surface area contributed by atoms with E-state index in [0.29, 0.717) is 0 Å². The van der Waals surface area contributed by atoms with Crippen molar-refractivity contribution in [2.75, 3.05) is 13.1 Å². The Kier molecular flexibility index (Phi) is 1.73. The van der Waals surface area contributed by atoms with Crippen LogP contribution in [0.2, 0.25) is 0 Å². The van der Waals surface area contributed by atoms with Gasteiger partial charge in [-0.15, -0.1) is 0 Å². The molecule has 0 aromatic heterocycles. The monoisotopic (exact) mass is 251 g/mol. The molecule has 3 rings (SSSR count). The van der Waals surface area contributed by atoms with Crippen molar-refractivity contribution in [2.24, 2.45) is 0 Å². The maximum Gasteiger partial charge on any atom is 0.152 e. The maximum atomic E-state index is 5.94. The summed E-state index contributed by atoms with van der Waals surface area (Å²) in [5.41, 5.74) is 1.08. The van der Waals surface area contributed by atoms with Crippen LogP contribution in [0.4, 0.5) is 0 Å². The fourth-order valence-corrected chi connectivity index (χ4v) is 2.18. The Labute approximate surface area is 91.1 Å². The normalized spacial score (nSPS) is 21.2. The van der Waals surface area contributed by atoms with E-state index in [9.17, 15) is 0 Å². The highest BCUT2D eigenvalue weighted by Crippen LogP contribution is 2.34. The van der Waals surface area contributed by atoms with Gasteiger partial charge in [0.2, 0.25) is 0 Å². The molecule has 0 unspecified atom stereocenters. The smallest absolute Gasteiger partial charge is 0.152 e. The number of hydrogen-bond donors (Lipinski definition) is 1. The average Bonchev–Trinajstić information content (AvgIpc) is 2.15. The van der Waals surface area contributed by atoms with Crippen LogP contribution in [0.5, 0.6) is 5.75 Å². The molecule has 0 radical (unpaired) electrons. The zero-order chi connectivity index (χ0) is 9.60. The molecule has 3 heteroatoms. The highest BCUT2D eigenvalue weighted by Gasteiger charge is 2.38. The lowest BCUT2D eigenvalue weighted by Gasteiger charge is -2.42. The number of benzene rings is 1. The first-order valence-electron chi connectivity index (χ1n) is 4.66. The number of fused-ring (bicyclic) bond motifs is 1. The molecule has 2 aliphatic heterocycles. The largest absolute Gasteiger partial charge is 0.480 e. The third kappa shape index (κ3) is 1.20. The van der Waals surface area contributed by atoms with E-state index in [2.05, 4.69) is 39.5 Å². The Balaban J connectivity index is 2.02. The molecule has 0 amide bonds. The standard InChI is InChI=1S/C11H10BrNO/c12-9-1-2-10-8(5-9)3-4-11(14-10)6-13-7-11/h1-5,13H,6-7H2. The van der Waals surface area contributed by atoms with Crippen molar-refractivity contribution in [3.05, 3.63) is 34.3 Å². The van der Waals surface area contributed by atoms with Crippen molar-refractivity contribution < 1.29 is 4.74 Å². The van der Waals surface area contributed by atoms with Gasteiger partial charge in [0.1, 0.15) is 5.75 Å². The van der Waals surface area contributed by atoms with Crippen molar-refractivity contribution in [3.8, 4) is 5.75 Å². The Bertz CT molecular complexity index is 410. The summed E-state index contributed by atoms with van der Waals surface area (Å²) in [5, 5.41) is 3.23. The second-order valence-corrected chi connectivity index (χ2v) is 4.70. The van der Waals surface area contributed by atoms with E-state index in [0.717, 1.165) is 28.9 Å². The zero-order valence-corrected chi connectivity index (χ0v) is 9.17. The molecule has 2 aliphatic rings. The van der Waals surface area contributed by atoms with Gasteiger partial charge in [-0.3, -0.25) is 0 Å². The summed E-state index contributed by atoms with van der Waals surface area (Å²) in [7, 11) is 0. The molecule has 1 fully saturated rings. The summed E-state index contributed by atoms with van der Waals surface area (Å²) < 4.78 is 7.03. The van der Waals surface area contributed by atoms with Crippen LogP contribution in [0, 0.1) is 0 Å². The number of hydrogen-bond acceptors (Lipinski definition) is 2. The Morgan fingerprint density at radius 1 is 1.36 bits per heavy atom. The molecule has 0 aliphatic carbocycles. The summed E-state index contributed by atoms with van der Waals surface area (Å²) in [6.45, 7) is 1.83. The van der Waals surface area contributed by atoms with Gasteiger partial charge in [0.25, 0.3) is 0 Å². The zero-order valence-electron chi connectivity index (χ0n) is 7.59. The summed E-state index contributed by atoms with van der Waals surface area (Å²) in [4.78, 5) is 0. The van der Waals surface area contributed by atoms with Crippen LogP contribution in [0.1, 0.15) is 5.56 Å². The Hall–Kier alpha value is -0.800. The van der Waals surface area contributed by atoms with E-state index in [1.54, 1.807) is 0 Å². The highest BCUT2D eigenvalue weighted by atomic mass is 79.9. The van der Waals surface area contributed by atoms with Crippen LogP contribution >= 0.6 is 15.9 Å². The van der Waals surface area contributed by atoms with Crippen molar-refractivity contribution in [3.63, 3.8) is 0 Å². The first-order chi connectivity index (χ1) is 6.77. The third-order valence-electron chi connectivity index (χ3n) is 2.70. The van der Waals surface area contributed by atoms with Crippen LogP contribution in [-0.4, -0.2) is 18.7 Å². The fraction of sp³-hybridized carbons (Fsp3) is 0.273. The molecule has 2 nitrogen and oxygen atoms in total. The van der Waals surface area contributed by atoms with Crippen LogP contribution in [0.25, 0.3) is 6.08 Å². The first-order valence-corrected chi connectivity index (χ1v) is 5.45. The second kappa shape index (κ2) is 2.84. The Morgan fingerprint density at radius 3 is 2.93 bits per heavy atom. The minimum atomic E-state index is -0.0686. The molecule has 2 heterocycles. The van der Waals surface area contributed by atoms with Crippen LogP contribution in [-0.2, 0) is 0 Å². The van der Waals surface area contributed by atoms with Gasteiger partial charge in [0.15, 0.2) is 5.60 Å². The van der Waals surface area contributed by atoms with E-state index in [4.69, 9.17) is 4.74 Å². The van der Waals surface area contributed by atoms with E-state index >= 15 is 0 Å². The molecule has 1 spiro atoms. The number of ether oxygens (including phenoxy) is 1. The Morgan fingerprint density at radius 2 is 2.21 bits per heavy atom. The van der Waals surface area contributed by atoms with Gasteiger partial charge in [0, 0.05) is 23.1 Å². The summed E-state index contributed by atoms with van der Waals surface area (Å²) in [6.07, 6.45) is 4.29. The van der Waals surface area contributed by atoms with E-state index in [1.807, 2.05) is 12.1 Å². The molecule has 1 aromatic rings. The SMILES string of the molecule is Brc1ccc2c(c1)C=CC1(CNC1)O2. The van der Waals surface area contributed by atoms with Gasteiger partial charge < -0.3 is 10.1 Å². The summed E-state index contributed by atoms with van der Waals surface area (Å²) in [6, 6.07) is 6.10. The van der Waals surface area contributed by atoms with Gasteiger partial charge in [-0.05, 0) is 24.3 Å². The molecule has 14 heavy (non-hydrogen) atoms. The van der Waals surface area contributed by atoms with Crippen LogP contribution < -0.4 is 10.1 Å². The van der Waals surface area contributed by atoms with Gasteiger partial charge >= 0.3 is 0 Å². The number of halogens is 1. The average molecular weight is 252 g/mol. The molecule has 0 saturated carbocycles. The first kappa shape index (κ1) is 8.50. The lowest BCUT2D eigenvalue weighted by atomic mass is 9.93.